The highest BCUT2D eigenvalue weighted by atomic mass is 32.2. The van der Waals surface area contributed by atoms with Crippen LogP contribution in [0.15, 0.2) is 47.4 Å². The van der Waals surface area contributed by atoms with Crippen molar-refractivity contribution in [3.8, 4) is 0 Å². The molecular weight excluding hydrogens is 328 g/mol. The van der Waals surface area contributed by atoms with E-state index in [1.54, 1.807) is 11.9 Å². The largest absolute Gasteiger partial charge is 0.399 e. The number of hydrogen-bond donors (Lipinski definition) is 1. The third-order valence-electron chi connectivity index (χ3n) is 4.21. The predicted molar refractivity (Wildman–Crippen MR) is 109 cm³/mol. The Bertz CT molecular complexity index is 875. The molecule has 0 unspecified atom stereocenters. The van der Waals surface area contributed by atoms with Crippen molar-refractivity contribution in [2.24, 2.45) is 7.05 Å². The molecule has 3 aromatic rings. The van der Waals surface area contributed by atoms with Crippen molar-refractivity contribution in [3.63, 3.8) is 0 Å². The molecule has 3 rings (SSSR count). The van der Waals surface area contributed by atoms with Gasteiger partial charge in [-0.15, -0.1) is 0 Å². The van der Waals surface area contributed by atoms with E-state index in [0.29, 0.717) is 0 Å². The van der Waals surface area contributed by atoms with Crippen LogP contribution in [0.4, 0.5) is 11.4 Å². The maximum absolute atomic E-state index is 5.78. The van der Waals surface area contributed by atoms with Crippen LogP contribution < -0.4 is 10.0 Å². The zero-order valence-corrected chi connectivity index (χ0v) is 16.4. The van der Waals surface area contributed by atoms with Crippen LogP contribution in [0.2, 0.25) is 0 Å². The monoisotopic (exact) mass is 354 g/mol. The van der Waals surface area contributed by atoms with Crippen molar-refractivity contribution in [1.29, 1.82) is 0 Å². The van der Waals surface area contributed by atoms with E-state index in [9.17, 15) is 0 Å². The quantitative estimate of drug-likeness (QED) is 0.530. The van der Waals surface area contributed by atoms with Gasteiger partial charge >= 0.3 is 0 Å². The van der Waals surface area contributed by atoms with E-state index in [1.807, 2.05) is 12.1 Å². The Balaban J connectivity index is 1.95. The van der Waals surface area contributed by atoms with Crippen molar-refractivity contribution in [3.05, 3.63) is 48.3 Å². The molecule has 0 saturated carbocycles. The number of imidazole rings is 1. The number of nitrogens with zero attached hydrogens (tertiary/aromatic N) is 3. The van der Waals surface area contributed by atoms with Gasteiger partial charge in [0, 0.05) is 35.3 Å². The van der Waals surface area contributed by atoms with Gasteiger partial charge in [-0.2, -0.15) is 0 Å². The second-order valence-electron chi connectivity index (χ2n) is 7.27. The average molecular weight is 355 g/mol. The van der Waals surface area contributed by atoms with Crippen molar-refractivity contribution in [2.45, 2.75) is 38.0 Å². The number of hydrogen-bond acceptors (Lipinski definition) is 4. The Morgan fingerprint density at radius 3 is 2.40 bits per heavy atom. The van der Waals surface area contributed by atoms with Gasteiger partial charge < -0.3 is 14.6 Å². The number of nitrogens with two attached hydrogens (primary N) is 1. The SMILES string of the molecule is CCN(Sc1ccc(N)cc1)c1ccc2c(c1)nc(C(C)(C)C)n2C. The lowest BCUT2D eigenvalue weighted by molar-refractivity contribution is 0.526. The molecule has 4 nitrogen and oxygen atoms in total. The fourth-order valence-corrected chi connectivity index (χ4v) is 3.83. The average Bonchev–Trinajstić information content (AvgIpc) is 2.91. The number of aryl methyl sites for hydroxylation is 1. The standard InChI is InChI=1S/C20H26N4S/c1-6-24(25-16-10-7-14(21)8-11-16)15-9-12-18-17(13-15)22-19(23(18)5)20(2,3)4/h7-13H,6,21H2,1-5H3. The Kier molecular flexibility index (Phi) is 4.69. The van der Waals surface area contributed by atoms with E-state index < -0.39 is 0 Å². The molecule has 5 heteroatoms. The number of benzene rings is 2. The summed E-state index contributed by atoms with van der Waals surface area (Å²) >= 11 is 1.72. The fourth-order valence-electron chi connectivity index (χ4n) is 2.97. The molecule has 0 radical (unpaired) electrons. The summed E-state index contributed by atoms with van der Waals surface area (Å²) in [6.07, 6.45) is 0. The van der Waals surface area contributed by atoms with Gasteiger partial charge in [-0.25, -0.2) is 4.98 Å². The second-order valence-corrected chi connectivity index (χ2v) is 8.37. The van der Waals surface area contributed by atoms with Crippen LogP contribution in [-0.2, 0) is 12.5 Å². The number of nitrogen functional groups attached to an aromatic ring is 1. The molecule has 0 aliphatic rings. The first kappa shape index (κ1) is 17.7. The fraction of sp³-hybridized carbons (Fsp3) is 0.350. The Hall–Kier alpha value is -2.14. The van der Waals surface area contributed by atoms with Crippen LogP contribution in [0.5, 0.6) is 0 Å². The molecule has 25 heavy (non-hydrogen) atoms. The molecule has 0 amide bonds. The van der Waals surface area contributed by atoms with Gasteiger partial charge in [0.25, 0.3) is 0 Å². The van der Waals surface area contributed by atoms with E-state index in [2.05, 4.69) is 73.9 Å². The molecule has 0 spiro atoms. The predicted octanol–water partition coefficient (Wildman–Crippen LogP) is 4.99. The van der Waals surface area contributed by atoms with Gasteiger partial charge in [0.2, 0.25) is 0 Å². The molecule has 132 valence electrons. The highest BCUT2D eigenvalue weighted by Gasteiger charge is 2.21. The molecule has 1 heterocycles. The highest BCUT2D eigenvalue weighted by molar-refractivity contribution is 8.00. The summed E-state index contributed by atoms with van der Waals surface area (Å²) in [5.41, 5.74) is 9.97. The summed E-state index contributed by atoms with van der Waals surface area (Å²) in [5.74, 6) is 1.11. The minimum absolute atomic E-state index is 0.0249. The van der Waals surface area contributed by atoms with E-state index >= 15 is 0 Å². The van der Waals surface area contributed by atoms with Crippen LogP contribution in [0.25, 0.3) is 11.0 Å². The highest BCUT2D eigenvalue weighted by Crippen LogP contribution is 2.32. The molecule has 0 aliphatic carbocycles. The lowest BCUT2D eigenvalue weighted by atomic mass is 9.96. The third kappa shape index (κ3) is 3.61. The first-order valence-corrected chi connectivity index (χ1v) is 9.35. The van der Waals surface area contributed by atoms with E-state index in [4.69, 9.17) is 10.7 Å². The Morgan fingerprint density at radius 1 is 1.12 bits per heavy atom. The number of aromatic nitrogens is 2. The number of fused-ring (bicyclic) bond motifs is 1. The Labute approximate surface area is 154 Å². The zero-order valence-electron chi connectivity index (χ0n) is 15.6. The Morgan fingerprint density at radius 2 is 1.80 bits per heavy atom. The summed E-state index contributed by atoms with van der Waals surface area (Å²) < 4.78 is 4.47. The van der Waals surface area contributed by atoms with Gasteiger partial charge in [-0.05, 0) is 61.3 Å². The molecular formula is C20H26N4S. The first-order valence-electron chi connectivity index (χ1n) is 8.57. The molecule has 0 bridgehead atoms. The van der Waals surface area contributed by atoms with Gasteiger partial charge in [-0.1, -0.05) is 20.8 Å². The molecule has 0 saturated heterocycles. The minimum Gasteiger partial charge on any atom is -0.399 e. The van der Waals surface area contributed by atoms with Crippen molar-refractivity contribution in [1.82, 2.24) is 9.55 Å². The van der Waals surface area contributed by atoms with Crippen molar-refractivity contribution in [2.75, 3.05) is 16.6 Å². The molecule has 0 fully saturated rings. The van der Waals surface area contributed by atoms with Gasteiger partial charge in [-0.3, -0.25) is 0 Å². The summed E-state index contributed by atoms with van der Waals surface area (Å²) in [4.78, 5) is 6.06. The zero-order chi connectivity index (χ0) is 18.2. The van der Waals surface area contributed by atoms with E-state index in [-0.39, 0.29) is 5.41 Å². The summed E-state index contributed by atoms with van der Waals surface area (Å²) in [5, 5.41) is 0. The third-order valence-corrected chi connectivity index (χ3v) is 5.38. The van der Waals surface area contributed by atoms with Crippen LogP contribution in [0.3, 0.4) is 0 Å². The molecule has 2 N–H and O–H groups in total. The second kappa shape index (κ2) is 6.64. The van der Waals surface area contributed by atoms with Crippen LogP contribution in [0.1, 0.15) is 33.5 Å². The van der Waals surface area contributed by atoms with Crippen LogP contribution >= 0.6 is 11.9 Å². The molecule has 0 aliphatic heterocycles. The van der Waals surface area contributed by atoms with Crippen LogP contribution in [0, 0.1) is 0 Å². The van der Waals surface area contributed by atoms with Gasteiger partial charge in [0.1, 0.15) is 5.82 Å². The normalized spacial score (nSPS) is 11.9. The minimum atomic E-state index is 0.0249. The molecule has 2 aromatic carbocycles. The smallest absolute Gasteiger partial charge is 0.115 e. The summed E-state index contributed by atoms with van der Waals surface area (Å²) in [7, 11) is 2.09. The summed E-state index contributed by atoms with van der Waals surface area (Å²) in [6, 6.07) is 14.5. The van der Waals surface area contributed by atoms with Crippen molar-refractivity contribution >= 4 is 34.4 Å². The van der Waals surface area contributed by atoms with E-state index in [0.717, 1.165) is 29.3 Å². The molecule has 1 aromatic heterocycles. The number of anilines is 2. The lowest BCUT2D eigenvalue weighted by Gasteiger charge is -2.21. The van der Waals surface area contributed by atoms with Crippen LogP contribution in [-0.4, -0.2) is 16.1 Å². The molecule has 0 atom stereocenters. The number of rotatable bonds is 4. The van der Waals surface area contributed by atoms with E-state index in [1.165, 1.54) is 10.4 Å². The van der Waals surface area contributed by atoms with Gasteiger partial charge in [0.05, 0.1) is 11.0 Å². The lowest BCUT2D eigenvalue weighted by Crippen LogP contribution is -2.17. The summed E-state index contributed by atoms with van der Waals surface area (Å²) in [6.45, 7) is 9.66. The topological polar surface area (TPSA) is 47.1 Å². The van der Waals surface area contributed by atoms with Gasteiger partial charge in [0.15, 0.2) is 0 Å². The maximum Gasteiger partial charge on any atom is 0.115 e. The maximum atomic E-state index is 5.78. The first-order chi connectivity index (χ1) is 11.8. The van der Waals surface area contributed by atoms with Crippen molar-refractivity contribution < 1.29 is 0 Å².